The summed E-state index contributed by atoms with van der Waals surface area (Å²) in [4.78, 5) is 17.5. The molecule has 2 aromatic carbocycles. The first-order valence-electron chi connectivity index (χ1n) is 11.5. The molecule has 1 aliphatic heterocycles. The van der Waals surface area contributed by atoms with Crippen LogP contribution in [0.15, 0.2) is 57.9 Å². The van der Waals surface area contributed by atoms with E-state index >= 15 is 0 Å². The zero-order chi connectivity index (χ0) is 23.5. The number of hydrogen-bond donors (Lipinski definition) is 1. The summed E-state index contributed by atoms with van der Waals surface area (Å²) in [5.41, 5.74) is 7.25. The van der Waals surface area contributed by atoms with Gasteiger partial charge in [-0.15, -0.1) is 24.8 Å². The highest BCUT2D eigenvalue weighted by molar-refractivity contribution is 6.08. The Morgan fingerprint density at radius 1 is 0.971 bits per heavy atom. The number of carbonyl (C=O) groups excluding carboxylic acids is 1. The van der Waals surface area contributed by atoms with Crippen LogP contribution in [0.3, 0.4) is 0 Å². The van der Waals surface area contributed by atoms with Crippen molar-refractivity contribution < 1.29 is 13.9 Å². The van der Waals surface area contributed by atoms with Crippen molar-refractivity contribution in [3.63, 3.8) is 0 Å². The molecule has 0 atom stereocenters. The lowest BCUT2D eigenvalue weighted by molar-refractivity contribution is 0.0527. The van der Waals surface area contributed by atoms with Crippen LogP contribution < -0.4 is 10.7 Å². The maximum atomic E-state index is 12.9. The number of nitrogens with one attached hydrogen (secondary N) is 1. The normalized spacial score (nSPS) is 11.2. The number of carbonyl (C=O) groups is 1. The Kier molecular flexibility index (Phi) is 9.75. The van der Waals surface area contributed by atoms with E-state index in [1.54, 1.807) is 0 Å². The molecule has 35 heavy (non-hydrogen) atoms. The standard InChI is InChI=1S/C28H30N2O3.2ClH/c1-6-29-23-15-25-21(13-17(23)4)27(19-11-9-10-12-20(19)28(31)32-8-3)22-14-18(5)24(30-7-2)16-26(22)33-25;;/h9-16,29H,6-8H2,1-5H3;2*1H/b30-24-;;. The molecule has 0 saturated heterocycles. The fraction of sp³-hybridized carbons (Fsp3) is 0.286. The topological polar surface area (TPSA) is 63.8 Å². The number of fused-ring (bicyclic) bond motifs is 2. The third-order valence-electron chi connectivity index (χ3n) is 5.77. The van der Waals surface area contributed by atoms with Crippen LogP contribution in [-0.2, 0) is 4.74 Å². The van der Waals surface area contributed by atoms with Gasteiger partial charge < -0.3 is 14.5 Å². The van der Waals surface area contributed by atoms with Crippen molar-refractivity contribution in [3.05, 3.63) is 70.6 Å². The first kappa shape index (κ1) is 28.2. The van der Waals surface area contributed by atoms with Crippen LogP contribution in [0.4, 0.5) is 5.69 Å². The molecule has 2 aromatic rings. The minimum atomic E-state index is -0.328. The molecular formula is C28H32Cl2N2O3. The van der Waals surface area contributed by atoms with E-state index in [-0.39, 0.29) is 30.8 Å². The zero-order valence-corrected chi connectivity index (χ0v) is 22.4. The molecule has 4 rings (SSSR count). The number of aryl methyl sites for hydroxylation is 2. The molecular weight excluding hydrogens is 483 g/mol. The van der Waals surface area contributed by atoms with Crippen molar-refractivity contribution in [2.75, 3.05) is 25.0 Å². The van der Waals surface area contributed by atoms with Crippen LogP contribution in [0.5, 0.6) is 0 Å². The highest BCUT2D eigenvalue weighted by Gasteiger charge is 2.23. The molecule has 0 spiro atoms. The maximum Gasteiger partial charge on any atom is 0.338 e. The lowest BCUT2D eigenvalue weighted by Crippen LogP contribution is -2.10. The smallest absolute Gasteiger partial charge is 0.338 e. The van der Waals surface area contributed by atoms with Gasteiger partial charge >= 0.3 is 5.97 Å². The van der Waals surface area contributed by atoms with E-state index in [1.807, 2.05) is 50.2 Å². The molecule has 186 valence electrons. The second kappa shape index (κ2) is 12.1. The van der Waals surface area contributed by atoms with Gasteiger partial charge in [0.05, 0.1) is 17.5 Å². The Bertz CT molecular complexity index is 1380. The van der Waals surface area contributed by atoms with E-state index < -0.39 is 0 Å². The number of halogens is 2. The Morgan fingerprint density at radius 2 is 1.71 bits per heavy atom. The summed E-state index contributed by atoms with van der Waals surface area (Å²) < 4.78 is 11.8. The monoisotopic (exact) mass is 514 g/mol. The van der Waals surface area contributed by atoms with E-state index in [0.29, 0.717) is 18.7 Å². The van der Waals surface area contributed by atoms with Gasteiger partial charge in [0.2, 0.25) is 0 Å². The molecule has 0 radical (unpaired) electrons. The molecule has 1 heterocycles. The van der Waals surface area contributed by atoms with Crippen molar-refractivity contribution in [3.8, 4) is 22.5 Å². The van der Waals surface area contributed by atoms with Gasteiger partial charge in [0, 0.05) is 47.4 Å². The summed E-state index contributed by atoms with van der Waals surface area (Å²) in [5, 5.41) is 5.28. The van der Waals surface area contributed by atoms with E-state index in [4.69, 9.17) is 9.15 Å². The highest BCUT2D eigenvalue weighted by atomic mass is 35.5. The van der Waals surface area contributed by atoms with Crippen LogP contribution in [-0.4, -0.2) is 25.7 Å². The number of ether oxygens (including phenoxy) is 1. The number of nitrogens with zero attached hydrogens (tertiary/aromatic N) is 1. The number of hydrogen-bond acceptors (Lipinski definition) is 5. The summed E-state index contributed by atoms with van der Waals surface area (Å²) >= 11 is 0. The van der Waals surface area contributed by atoms with Crippen LogP contribution in [0.1, 0.15) is 42.3 Å². The lowest BCUT2D eigenvalue weighted by atomic mass is 9.89. The second-order valence-corrected chi connectivity index (χ2v) is 8.05. The average Bonchev–Trinajstić information content (AvgIpc) is 2.80. The van der Waals surface area contributed by atoms with Crippen molar-refractivity contribution in [2.24, 2.45) is 4.99 Å². The summed E-state index contributed by atoms with van der Waals surface area (Å²) in [5.74, 6) is 0.408. The van der Waals surface area contributed by atoms with Gasteiger partial charge in [-0.05, 0) is 69.5 Å². The number of esters is 1. The summed E-state index contributed by atoms with van der Waals surface area (Å²) in [6.45, 7) is 11.9. The molecule has 0 saturated carbocycles. The highest BCUT2D eigenvalue weighted by Crippen LogP contribution is 2.43. The molecule has 0 bridgehead atoms. The van der Waals surface area contributed by atoms with Gasteiger partial charge in [0.1, 0.15) is 11.3 Å². The molecule has 1 aliphatic carbocycles. The molecule has 0 fully saturated rings. The molecule has 0 unspecified atom stereocenters. The molecule has 0 aromatic heterocycles. The predicted molar refractivity (Wildman–Crippen MR) is 148 cm³/mol. The van der Waals surface area contributed by atoms with Gasteiger partial charge in [-0.25, -0.2) is 4.79 Å². The fourth-order valence-electron chi connectivity index (χ4n) is 4.29. The Balaban J connectivity index is 0.00000216. The van der Waals surface area contributed by atoms with Crippen LogP contribution in [0.25, 0.3) is 33.4 Å². The average molecular weight is 515 g/mol. The van der Waals surface area contributed by atoms with E-state index in [0.717, 1.165) is 62.1 Å². The lowest BCUT2D eigenvalue weighted by Gasteiger charge is -2.19. The molecule has 2 aliphatic rings. The van der Waals surface area contributed by atoms with Gasteiger partial charge in [-0.1, -0.05) is 18.2 Å². The van der Waals surface area contributed by atoms with E-state index in [2.05, 4.69) is 43.2 Å². The molecule has 5 nitrogen and oxygen atoms in total. The number of rotatable bonds is 6. The Labute approximate surface area is 218 Å². The van der Waals surface area contributed by atoms with Crippen molar-refractivity contribution in [1.29, 1.82) is 0 Å². The molecule has 0 amide bonds. The number of anilines is 1. The number of benzene rings is 3. The Morgan fingerprint density at radius 3 is 2.40 bits per heavy atom. The quantitative estimate of drug-likeness (QED) is 0.218. The first-order valence-corrected chi connectivity index (χ1v) is 11.5. The largest absolute Gasteiger partial charge is 0.462 e. The summed E-state index contributed by atoms with van der Waals surface area (Å²) in [6.07, 6.45) is 0. The minimum Gasteiger partial charge on any atom is -0.462 e. The van der Waals surface area contributed by atoms with Gasteiger partial charge in [0.25, 0.3) is 0 Å². The van der Waals surface area contributed by atoms with Gasteiger partial charge in [-0.2, -0.15) is 0 Å². The summed E-state index contributed by atoms with van der Waals surface area (Å²) in [6, 6.07) is 15.9. The van der Waals surface area contributed by atoms with Gasteiger partial charge in [-0.3, -0.25) is 4.99 Å². The van der Waals surface area contributed by atoms with Crippen molar-refractivity contribution in [2.45, 2.75) is 34.6 Å². The molecule has 7 heteroatoms. The first-order chi connectivity index (χ1) is 16.0. The second-order valence-electron chi connectivity index (χ2n) is 8.05. The maximum absolute atomic E-state index is 12.9. The van der Waals surface area contributed by atoms with Crippen LogP contribution >= 0.6 is 24.8 Å². The Hall–Kier alpha value is -3.02. The van der Waals surface area contributed by atoms with Crippen LogP contribution in [0.2, 0.25) is 0 Å². The van der Waals surface area contributed by atoms with Crippen molar-refractivity contribution >= 4 is 47.4 Å². The van der Waals surface area contributed by atoms with E-state index in [9.17, 15) is 4.79 Å². The SMILES string of the molecule is CC/N=c1/cc2oc3cc(NCC)c(C)cc3c(-c3ccccc3C(=O)OCC)c-2cc1C.Cl.Cl. The fourth-order valence-corrected chi connectivity index (χ4v) is 4.29. The van der Waals surface area contributed by atoms with Crippen molar-refractivity contribution in [1.82, 2.24) is 0 Å². The summed E-state index contributed by atoms with van der Waals surface area (Å²) in [7, 11) is 0. The minimum absolute atomic E-state index is 0. The third-order valence-corrected chi connectivity index (χ3v) is 5.77. The predicted octanol–water partition coefficient (Wildman–Crippen LogP) is 7.19. The third kappa shape index (κ3) is 5.47. The zero-order valence-electron chi connectivity index (χ0n) is 20.7. The van der Waals surface area contributed by atoms with E-state index in [1.165, 1.54) is 0 Å². The van der Waals surface area contributed by atoms with Crippen LogP contribution in [0, 0.1) is 13.8 Å². The van der Waals surface area contributed by atoms with Gasteiger partial charge in [0.15, 0.2) is 0 Å². The molecule has 1 N–H and O–H groups in total.